The van der Waals surface area contributed by atoms with E-state index in [0.717, 1.165) is 0 Å². The van der Waals surface area contributed by atoms with Gasteiger partial charge in [-0.1, -0.05) is 0 Å². The zero-order valence-electron chi connectivity index (χ0n) is 11.2. The normalized spacial score (nSPS) is 14.5. The van der Waals surface area contributed by atoms with Crippen LogP contribution in [-0.4, -0.2) is 0 Å². The Hall–Kier alpha value is 0.943. The van der Waals surface area contributed by atoms with E-state index in [1.807, 2.05) is 0 Å². The van der Waals surface area contributed by atoms with Crippen molar-refractivity contribution < 1.29 is 24.7 Å². The van der Waals surface area contributed by atoms with E-state index >= 15 is 0 Å². The van der Waals surface area contributed by atoms with Gasteiger partial charge in [-0.2, -0.15) is 0 Å². The summed E-state index contributed by atoms with van der Waals surface area (Å²) in [6.45, 7) is 7.01. The molecule has 0 radical (unpaired) electrons. The van der Waals surface area contributed by atoms with Gasteiger partial charge in [0.25, 0.3) is 0 Å². The van der Waals surface area contributed by atoms with Crippen LogP contribution in [-0.2, 0) is 24.7 Å². The fourth-order valence-electron chi connectivity index (χ4n) is 2.90. The molecule has 0 unspecified atom stereocenters. The van der Waals surface area contributed by atoms with Crippen LogP contribution in [0.25, 0.3) is 0 Å². The van der Waals surface area contributed by atoms with Crippen molar-refractivity contribution in [3.8, 4) is 0 Å². The first-order valence-electron chi connectivity index (χ1n) is 6.32. The molecule has 0 aromatic carbocycles. The van der Waals surface area contributed by atoms with E-state index in [4.69, 9.17) is 0 Å². The van der Waals surface area contributed by atoms with Crippen molar-refractivity contribution in [2.45, 2.75) is 59.3 Å². The third kappa shape index (κ3) is 4.85. The van der Waals surface area contributed by atoms with Crippen molar-refractivity contribution in [3.05, 3.63) is 21.0 Å². The SMILES string of the molecule is CCCC(CC)(CCC)C1=[C]([Zr])CC=C1.Cl.Cl. The van der Waals surface area contributed by atoms with Gasteiger partial charge in [-0.3, -0.25) is 0 Å². The first kappa shape index (κ1) is 20.3. The number of hydrogen-bond donors (Lipinski definition) is 0. The molecule has 0 saturated heterocycles. The van der Waals surface area contributed by atoms with Gasteiger partial charge in [0.1, 0.15) is 0 Å². The van der Waals surface area contributed by atoms with E-state index < -0.39 is 0 Å². The minimum atomic E-state index is 0. The summed E-state index contributed by atoms with van der Waals surface area (Å²) < 4.78 is 1.70. The zero-order valence-corrected chi connectivity index (χ0v) is 15.3. The summed E-state index contributed by atoms with van der Waals surface area (Å²) in [6.07, 6.45) is 12.7. The smallest absolute Gasteiger partial charge is 0.147 e. The van der Waals surface area contributed by atoms with E-state index in [-0.39, 0.29) is 24.8 Å². The molecule has 0 aliphatic heterocycles. The molecule has 0 aromatic rings. The van der Waals surface area contributed by atoms with Crippen molar-refractivity contribution in [2.24, 2.45) is 5.41 Å². The second-order valence-corrected chi connectivity index (χ2v) is 6.12. The van der Waals surface area contributed by atoms with Gasteiger partial charge < -0.3 is 0 Å². The van der Waals surface area contributed by atoms with Crippen LogP contribution < -0.4 is 0 Å². The van der Waals surface area contributed by atoms with Gasteiger partial charge in [-0.05, 0) is 0 Å². The van der Waals surface area contributed by atoms with E-state index in [9.17, 15) is 0 Å². The minimum Gasteiger partial charge on any atom is -0.147 e. The number of hydrogen-bond acceptors (Lipinski definition) is 0. The van der Waals surface area contributed by atoms with Gasteiger partial charge in [0, 0.05) is 0 Å². The minimum absolute atomic E-state index is 0. The molecule has 0 aromatic heterocycles. The molecule has 0 atom stereocenters. The van der Waals surface area contributed by atoms with Gasteiger partial charge in [0.05, 0.1) is 0 Å². The van der Waals surface area contributed by atoms with Crippen LogP contribution >= 0.6 is 24.8 Å². The van der Waals surface area contributed by atoms with Gasteiger partial charge in [0.2, 0.25) is 0 Å². The van der Waals surface area contributed by atoms with Gasteiger partial charge in [0.15, 0.2) is 0 Å². The average molecular weight is 355 g/mol. The maximum Gasteiger partial charge on any atom is -0.147 e. The Morgan fingerprint density at radius 2 is 1.65 bits per heavy atom. The van der Waals surface area contributed by atoms with Crippen LogP contribution in [0.5, 0.6) is 0 Å². The Kier molecular flexibility index (Phi) is 11.7. The number of halogens is 2. The first-order chi connectivity index (χ1) is 7.20. The molecule has 0 N–H and O–H groups in total. The summed E-state index contributed by atoms with van der Waals surface area (Å²) in [6, 6.07) is 0. The van der Waals surface area contributed by atoms with E-state index in [1.54, 1.807) is 33.6 Å². The fraction of sp³-hybridized carbons (Fsp3) is 0.714. The van der Waals surface area contributed by atoms with Crippen LogP contribution in [0.2, 0.25) is 0 Å². The molecular weight excluding hydrogens is 330 g/mol. The quantitative estimate of drug-likeness (QED) is 0.583. The molecule has 0 nitrogen and oxygen atoms in total. The average Bonchev–Trinajstić information content (AvgIpc) is 2.64. The Balaban J connectivity index is 0. The second-order valence-electron chi connectivity index (χ2n) is 4.63. The van der Waals surface area contributed by atoms with E-state index in [0.29, 0.717) is 5.41 Å². The van der Waals surface area contributed by atoms with Crippen LogP contribution in [0.15, 0.2) is 21.0 Å². The summed E-state index contributed by atoms with van der Waals surface area (Å²) in [7, 11) is 0. The summed E-state index contributed by atoms with van der Waals surface area (Å²) in [4.78, 5) is 0. The molecule has 1 aliphatic rings. The summed E-state index contributed by atoms with van der Waals surface area (Å²) in [5, 5.41) is 0. The molecule has 0 saturated carbocycles. The van der Waals surface area contributed by atoms with Crippen LogP contribution in [0, 0.1) is 5.41 Å². The number of rotatable bonds is 6. The molecule has 1 aliphatic carbocycles. The van der Waals surface area contributed by atoms with Crippen molar-refractivity contribution in [1.29, 1.82) is 0 Å². The summed E-state index contributed by atoms with van der Waals surface area (Å²) in [5.41, 5.74) is 2.21. The van der Waals surface area contributed by atoms with Gasteiger partial charge in [-0.25, -0.2) is 0 Å². The molecule has 0 heterocycles. The van der Waals surface area contributed by atoms with E-state index in [2.05, 4.69) is 32.9 Å². The van der Waals surface area contributed by atoms with Crippen molar-refractivity contribution in [2.75, 3.05) is 0 Å². The van der Waals surface area contributed by atoms with Crippen molar-refractivity contribution >= 4 is 24.8 Å². The standard InChI is InChI=1S/C14H23.2ClH.Zr/c1-4-11-14(6-3,12-5-2)13-9-7-8-10-13;;;/h7,9H,4-6,8,11-12H2,1-3H3;2*1H;. The Morgan fingerprint density at radius 1 is 1.12 bits per heavy atom. The Morgan fingerprint density at radius 3 is 1.94 bits per heavy atom. The summed E-state index contributed by atoms with van der Waals surface area (Å²) >= 11 is 1.63. The largest absolute Gasteiger partial charge is 0.147 e. The molecule has 0 fully saturated rings. The maximum absolute atomic E-state index is 2.42. The predicted octanol–water partition coefficient (Wildman–Crippen LogP) is 5.59. The van der Waals surface area contributed by atoms with Crippen molar-refractivity contribution in [3.63, 3.8) is 0 Å². The third-order valence-corrected chi connectivity index (χ3v) is 4.80. The van der Waals surface area contributed by atoms with Crippen LogP contribution in [0.3, 0.4) is 0 Å². The number of allylic oxidation sites excluding steroid dienone is 4. The topological polar surface area (TPSA) is 0 Å². The Bertz CT molecular complexity index is 263. The second kappa shape index (κ2) is 9.82. The molecule has 0 bridgehead atoms. The monoisotopic (exact) mass is 353 g/mol. The Labute approximate surface area is 134 Å². The molecule has 3 heteroatoms. The molecule has 0 spiro atoms. The van der Waals surface area contributed by atoms with Gasteiger partial charge in [-0.15, -0.1) is 24.8 Å². The van der Waals surface area contributed by atoms with E-state index in [1.165, 1.54) is 38.5 Å². The van der Waals surface area contributed by atoms with Crippen molar-refractivity contribution in [1.82, 2.24) is 0 Å². The van der Waals surface area contributed by atoms with Crippen LogP contribution in [0.4, 0.5) is 0 Å². The zero-order chi connectivity index (χ0) is 11.3. The predicted molar refractivity (Wildman–Crippen MR) is 77.8 cm³/mol. The summed E-state index contributed by atoms with van der Waals surface area (Å²) in [5.74, 6) is 0. The fourth-order valence-corrected chi connectivity index (χ4v) is 4.04. The third-order valence-electron chi connectivity index (χ3n) is 3.64. The molecule has 17 heavy (non-hydrogen) atoms. The first-order valence-corrected chi connectivity index (χ1v) is 7.54. The van der Waals surface area contributed by atoms with Gasteiger partial charge >= 0.3 is 110 Å². The molecule has 0 amide bonds. The molecule has 99 valence electrons. The van der Waals surface area contributed by atoms with Crippen LogP contribution in [0.1, 0.15) is 59.3 Å². The maximum atomic E-state index is 2.42. The molecule has 1 rings (SSSR count). The molecular formula is C14H25Cl2Zr.